The van der Waals surface area contributed by atoms with Crippen LogP contribution in [0.1, 0.15) is 30.1 Å². The average Bonchev–Trinajstić information content (AvgIpc) is 2.28. The highest BCUT2D eigenvalue weighted by molar-refractivity contribution is 5.94. The Balaban J connectivity index is 2.73. The molecule has 0 radical (unpaired) electrons. The molecule has 0 fully saturated rings. The normalized spacial score (nSPS) is 11.6. The van der Waals surface area contributed by atoms with Crippen LogP contribution in [0, 0.1) is 18.2 Å². The first-order chi connectivity index (χ1) is 7.69. The molecule has 0 spiro atoms. The highest BCUT2D eigenvalue weighted by Gasteiger charge is 2.14. The Morgan fingerprint density at radius 2 is 2.25 bits per heavy atom. The molecule has 0 aliphatic rings. The number of carbonyl (C=O) groups excluding carboxylic acids is 1. The van der Waals surface area contributed by atoms with Crippen molar-refractivity contribution in [3.05, 3.63) is 35.6 Å². The highest BCUT2D eigenvalue weighted by atomic mass is 19.1. The van der Waals surface area contributed by atoms with Crippen LogP contribution in [0.25, 0.3) is 0 Å². The Kier molecular flexibility index (Phi) is 4.53. The number of amides is 1. The summed E-state index contributed by atoms with van der Waals surface area (Å²) in [7, 11) is 0. The van der Waals surface area contributed by atoms with Gasteiger partial charge in [-0.05, 0) is 18.6 Å². The fourth-order valence-corrected chi connectivity index (χ4v) is 1.35. The zero-order chi connectivity index (χ0) is 12.0. The summed E-state index contributed by atoms with van der Waals surface area (Å²) in [6.45, 7) is 1.92. The standard InChI is InChI=1S/C13H14FNO/c1-3-7-10(4-2)15-13(16)11-8-5-6-9-12(11)14/h1,5-6,8-10H,4,7H2,2H3,(H,15,16). The number of rotatable bonds is 4. The first kappa shape index (κ1) is 12.3. The van der Waals surface area contributed by atoms with Gasteiger partial charge in [-0.25, -0.2) is 4.39 Å². The molecule has 1 amide bonds. The van der Waals surface area contributed by atoms with E-state index < -0.39 is 11.7 Å². The maximum absolute atomic E-state index is 13.3. The minimum atomic E-state index is -0.518. The van der Waals surface area contributed by atoms with Gasteiger partial charge in [0.25, 0.3) is 5.91 Å². The van der Waals surface area contributed by atoms with Gasteiger partial charge in [0.05, 0.1) is 5.56 Å². The smallest absolute Gasteiger partial charge is 0.254 e. The quantitative estimate of drug-likeness (QED) is 0.774. The lowest BCUT2D eigenvalue weighted by Crippen LogP contribution is -2.34. The van der Waals surface area contributed by atoms with Crippen LogP contribution in [0.3, 0.4) is 0 Å². The Labute approximate surface area is 94.9 Å². The number of benzene rings is 1. The topological polar surface area (TPSA) is 29.1 Å². The maximum atomic E-state index is 13.3. The van der Waals surface area contributed by atoms with Crippen molar-refractivity contribution in [1.29, 1.82) is 0 Å². The molecular weight excluding hydrogens is 205 g/mol. The van der Waals surface area contributed by atoms with E-state index in [4.69, 9.17) is 6.42 Å². The Hall–Kier alpha value is -1.82. The summed E-state index contributed by atoms with van der Waals surface area (Å²) in [6, 6.07) is 5.78. The van der Waals surface area contributed by atoms with Crippen molar-refractivity contribution in [3.8, 4) is 12.3 Å². The van der Waals surface area contributed by atoms with E-state index in [2.05, 4.69) is 11.2 Å². The van der Waals surface area contributed by atoms with E-state index in [9.17, 15) is 9.18 Å². The number of hydrogen-bond donors (Lipinski definition) is 1. The minimum Gasteiger partial charge on any atom is -0.348 e. The van der Waals surface area contributed by atoms with Crippen LogP contribution < -0.4 is 5.32 Å². The van der Waals surface area contributed by atoms with Gasteiger partial charge in [0.15, 0.2) is 0 Å². The van der Waals surface area contributed by atoms with Gasteiger partial charge < -0.3 is 5.32 Å². The molecule has 0 bridgehead atoms. The van der Waals surface area contributed by atoms with Crippen molar-refractivity contribution >= 4 is 5.91 Å². The van der Waals surface area contributed by atoms with Gasteiger partial charge in [0.2, 0.25) is 0 Å². The van der Waals surface area contributed by atoms with E-state index in [-0.39, 0.29) is 11.6 Å². The minimum absolute atomic E-state index is 0.0537. The fourth-order valence-electron chi connectivity index (χ4n) is 1.35. The summed E-state index contributed by atoms with van der Waals surface area (Å²) in [4.78, 5) is 11.7. The first-order valence-corrected chi connectivity index (χ1v) is 5.17. The largest absolute Gasteiger partial charge is 0.348 e. The molecular formula is C13H14FNO. The second kappa shape index (κ2) is 5.92. The van der Waals surface area contributed by atoms with Gasteiger partial charge >= 0.3 is 0 Å². The van der Waals surface area contributed by atoms with E-state index in [1.165, 1.54) is 12.1 Å². The molecule has 0 aliphatic heterocycles. The molecule has 1 aromatic carbocycles. The zero-order valence-corrected chi connectivity index (χ0v) is 9.16. The molecule has 0 heterocycles. The van der Waals surface area contributed by atoms with Gasteiger partial charge in [0.1, 0.15) is 5.82 Å². The predicted octanol–water partition coefficient (Wildman–Crippen LogP) is 2.36. The Morgan fingerprint density at radius 1 is 1.56 bits per heavy atom. The molecule has 0 aromatic heterocycles. The van der Waals surface area contributed by atoms with Crippen LogP contribution in [-0.2, 0) is 0 Å². The van der Waals surface area contributed by atoms with Crippen molar-refractivity contribution in [2.24, 2.45) is 0 Å². The number of nitrogens with one attached hydrogen (secondary N) is 1. The molecule has 0 saturated carbocycles. The van der Waals surface area contributed by atoms with Crippen LogP contribution >= 0.6 is 0 Å². The Bertz CT molecular complexity index is 409. The fraction of sp³-hybridized carbons (Fsp3) is 0.308. The second-order valence-electron chi connectivity index (χ2n) is 3.47. The lowest BCUT2D eigenvalue weighted by molar-refractivity contribution is 0.0932. The maximum Gasteiger partial charge on any atom is 0.254 e. The summed E-state index contributed by atoms with van der Waals surface area (Å²) < 4.78 is 13.3. The van der Waals surface area contributed by atoms with E-state index in [1.807, 2.05) is 6.92 Å². The third-order valence-electron chi connectivity index (χ3n) is 2.31. The third kappa shape index (κ3) is 3.09. The van der Waals surface area contributed by atoms with Gasteiger partial charge in [-0.15, -0.1) is 12.3 Å². The van der Waals surface area contributed by atoms with Gasteiger partial charge in [0, 0.05) is 12.5 Å². The molecule has 1 aromatic rings. The number of terminal acetylenes is 1. The summed E-state index contributed by atoms with van der Waals surface area (Å²) in [5.74, 6) is 1.55. The highest BCUT2D eigenvalue weighted by Crippen LogP contribution is 2.07. The predicted molar refractivity (Wildman–Crippen MR) is 61.4 cm³/mol. The van der Waals surface area contributed by atoms with Crippen molar-refractivity contribution in [2.75, 3.05) is 0 Å². The zero-order valence-electron chi connectivity index (χ0n) is 9.16. The van der Waals surface area contributed by atoms with Crippen LogP contribution in [-0.4, -0.2) is 11.9 Å². The number of hydrogen-bond acceptors (Lipinski definition) is 1. The van der Waals surface area contributed by atoms with Gasteiger partial charge in [-0.3, -0.25) is 4.79 Å². The number of halogens is 1. The van der Waals surface area contributed by atoms with E-state index in [1.54, 1.807) is 12.1 Å². The molecule has 1 N–H and O–H groups in total. The molecule has 2 nitrogen and oxygen atoms in total. The van der Waals surface area contributed by atoms with Gasteiger partial charge in [-0.1, -0.05) is 19.1 Å². The molecule has 3 heteroatoms. The lowest BCUT2D eigenvalue weighted by atomic mass is 10.1. The first-order valence-electron chi connectivity index (χ1n) is 5.17. The average molecular weight is 219 g/mol. The van der Waals surface area contributed by atoms with E-state index >= 15 is 0 Å². The lowest BCUT2D eigenvalue weighted by Gasteiger charge is -2.14. The van der Waals surface area contributed by atoms with Crippen molar-refractivity contribution in [2.45, 2.75) is 25.8 Å². The summed E-state index contributed by atoms with van der Waals surface area (Å²) in [6.07, 6.45) is 6.36. The van der Waals surface area contributed by atoms with E-state index in [0.29, 0.717) is 6.42 Å². The molecule has 0 aliphatic carbocycles. The van der Waals surface area contributed by atoms with Gasteiger partial charge in [-0.2, -0.15) is 0 Å². The van der Waals surface area contributed by atoms with E-state index in [0.717, 1.165) is 6.42 Å². The summed E-state index contributed by atoms with van der Waals surface area (Å²) in [5, 5.41) is 2.70. The molecule has 0 saturated heterocycles. The SMILES string of the molecule is C#CCC(CC)NC(=O)c1ccccc1F. The molecule has 16 heavy (non-hydrogen) atoms. The van der Waals surface area contributed by atoms with Crippen molar-refractivity contribution < 1.29 is 9.18 Å². The Morgan fingerprint density at radius 3 is 2.81 bits per heavy atom. The molecule has 1 unspecified atom stereocenters. The van der Waals surface area contributed by atoms with Crippen LogP contribution in [0.5, 0.6) is 0 Å². The van der Waals surface area contributed by atoms with Crippen LogP contribution in [0.2, 0.25) is 0 Å². The van der Waals surface area contributed by atoms with Crippen molar-refractivity contribution in [1.82, 2.24) is 5.32 Å². The monoisotopic (exact) mass is 219 g/mol. The molecule has 1 atom stereocenters. The third-order valence-corrected chi connectivity index (χ3v) is 2.31. The van der Waals surface area contributed by atoms with Crippen LogP contribution in [0.4, 0.5) is 4.39 Å². The van der Waals surface area contributed by atoms with Crippen molar-refractivity contribution in [3.63, 3.8) is 0 Å². The number of carbonyl (C=O) groups is 1. The van der Waals surface area contributed by atoms with Crippen LogP contribution in [0.15, 0.2) is 24.3 Å². The molecule has 1 rings (SSSR count). The second-order valence-corrected chi connectivity index (χ2v) is 3.47. The summed E-state index contributed by atoms with van der Waals surface area (Å²) >= 11 is 0. The molecule has 84 valence electrons. The summed E-state index contributed by atoms with van der Waals surface area (Å²) in [5.41, 5.74) is 0.0537.